The Hall–Kier alpha value is -1.52. The minimum absolute atomic E-state index is 0.440. The quantitative estimate of drug-likeness (QED) is 0.919. The largest absolute Gasteiger partial charge is 0.437 e. The van der Waals surface area contributed by atoms with Gasteiger partial charge in [0.15, 0.2) is 0 Å². The summed E-state index contributed by atoms with van der Waals surface area (Å²) >= 11 is 11.9. The molecule has 0 aliphatic heterocycles. The van der Waals surface area contributed by atoms with E-state index in [-0.39, 0.29) is 0 Å². The third kappa shape index (κ3) is 3.49. The molecule has 1 aromatic carbocycles. The Morgan fingerprint density at radius 1 is 1.21 bits per heavy atom. The zero-order valence-corrected chi connectivity index (χ0v) is 12.1. The van der Waals surface area contributed by atoms with Crippen molar-refractivity contribution < 1.29 is 4.74 Å². The zero-order valence-electron chi connectivity index (χ0n) is 10.6. The number of anilines is 1. The fourth-order valence-corrected chi connectivity index (χ4v) is 1.93. The molecular formula is C13H13Cl2N3O. The van der Waals surface area contributed by atoms with E-state index in [2.05, 4.69) is 15.3 Å². The minimum Gasteiger partial charge on any atom is -0.437 e. The van der Waals surface area contributed by atoms with E-state index in [9.17, 15) is 0 Å². The first-order valence-corrected chi connectivity index (χ1v) is 6.56. The summed E-state index contributed by atoms with van der Waals surface area (Å²) in [6, 6.07) is 6.75. The van der Waals surface area contributed by atoms with Crippen LogP contribution in [0.5, 0.6) is 11.6 Å². The summed E-state index contributed by atoms with van der Waals surface area (Å²) in [5.74, 6) is 2.35. The number of halogens is 2. The molecule has 0 bridgehead atoms. The van der Waals surface area contributed by atoms with Crippen LogP contribution in [0.15, 0.2) is 24.3 Å². The Morgan fingerprint density at radius 3 is 2.63 bits per heavy atom. The highest BCUT2D eigenvalue weighted by Crippen LogP contribution is 2.31. The lowest BCUT2D eigenvalue weighted by molar-refractivity contribution is 0.459. The number of aromatic nitrogens is 2. The van der Waals surface area contributed by atoms with E-state index >= 15 is 0 Å². The van der Waals surface area contributed by atoms with E-state index in [1.807, 2.05) is 6.92 Å². The molecule has 19 heavy (non-hydrogen) atoms. The number of hydrogen-bond acceptors (Lipinski definition) is 4. The number of benzene rings is 1. The van der Waals surface area contributed by atoms with Gasteiger partial charge in [-0.1, -0.05) is 30.1 Å². The molecule has 0 unspecified atom stereocenters. The Bertz CT molecular complexity index is 568. The van der Waals surface area contributed by atoms with E-state index < -0.39 is 0 Å². The van der Waals surface area contributed by atoms with Gasteiger partial charge < -0.3 is 10.1 Å². The molecule has 0 saturated carbocycles. The van der Waals surface area contributed by atoms with Gasteiger partial charge >= 0.3 is 0 Å². The van der Waals surface area contributed by atoms with Crippen molar-refractivity contribution >= 4 is 29.0 Å². The summed E-state index contributed by atoms with van der Waals surface area (Å²) in [6.07, 6.45) is 0.722. The number of nitrogens with zero attached hydrogens (tertiary/aromatic N) is 2. The lowest BCUT2D eigenvalue weighted by Crippen LogP contribution is -2.01. The molecule has 0 radical (unpaired) electrons. The fraction of sp³-hybridized carbons (Fsp3) is 0.231. The number of ether oxygens (including phenoxy) is 1. The predicted molar refractivity (Wildman–Crippen MR) is 77.5 cm³/mol. The first-order chi connectivity index (χ1) is 9.12. The van der Waals surface area contributed by atoms with Crippen LogP contribution in [0.2, 0.25) is 10.0 Å². The molecule has 2 rings (SSSR count). The lowest BCUT2D eigenvalue weighted by Gasteiger charge is -2.09. The molecule has 0 aliphatic carbocycles. The van der Waals surface area contributed by atoms with Gasteiger partial charge in [0.2, 0.25) is 5.88 Å². The van der Waals surface area contributed by atoms with E-state index in [4.69, 9.17) is 27.9 Å². The van der Waals surface area contributed by atoms with Crippen LogP contribution in [-0.4, -0.2) is 17.0 Å². The highest BCUT2D eigenvalue weighted by molar-refractivity contribution is 6.35. The first-order valence-electron chi connectivity index (χ1n) is 5.81. The van der Waals surface area contributed by atoms with Gasteiger partial charge in [-0.25, -0.2) is 4.98 Å². The van der Waals surface area contributed by atoms with Crippen molar-refractivity contribution in [1.82, 2.24) is 9.97 Å². The molecule has 2 aromatic rings. The molecule has 6 heteroatoms. The number of hydrogen-bond donors (Lipinski definition) is 1. The number of nitrogens with one attached hydrogen (secondary N) is 1. The Balaban J connectivity index is 2.31. The van der Waals surface area contributed by atoms with Crippen molar-refractivity contribution in [3.05, 3.63) is 40.1 Å². The van der Waals surface area contributed by atoms with Crippen molar-refractivity contribution in [3.8, 4) is 11.6 Å². The highest BCUT2D eigenvalue weighted by atomic mass is 35.5. The van der Waals surface area contributed by atoms with Crippen LogP contribution < -0.4 is 10.1 Å². The molecule has 4 nitrogen and oxygen atoms in total. The molecule has 0 atom stereocenters. The van der Waals surface area contributed by atoms with Gasteiger partial charge in [0.05, 0.1) is 5.02 Å². The lowest BCUT2D eigenvalue weighted by atomic mass is 10.3. The van der Waals surface area contributed by atoms with Crippen LogP contribution in [0.3, 0.4) is 0 Å². The van der Waals surface area contributed by atoms with Gasteiger partial charge in [-0.2, -0.15) is 4.98 Å². The van der Waals surface area contributed by atoms with Crippen molar-refractivity contribution in [1.29, 1.82) is 0 Å². The fourth-order valence-electron chi connectivity index (χ4n) is 1.48. The van der Waals surface area contributed by atoms with Gasteiger partial charge in [-0.15, -0.1) is 0 Å². The summed E-state index contributed by atoms with van der Waals surface area (Å²) < 4.78 is 5.67. The van der Waals surface area contributed by atoms with Crippen LogP contribution in [0.1, 0.15) is 12.7 Å². The molecule has 100 valence electrons. The maximum absolute atomic E-state index is 6.06. The molecular weight excluding hydrogens is 285 g/mol. The molecule has 1 heterocycles. The van der Waals surface area contributed by atoms with Crippen molar-refractivity contribution in [2.45, 2.75) is 13.3 Å². The van der Waals surface area contributed by atoms with Crippen LogP contribution in [0.25, 0.3) is 0 Å². The Labute approximate surface area is 121 Å². The average Bonchev–Trinajstić information content (AvgIpc) is 2.41. The highest BCUT2D eigenvalue weighted by Gasteiger charge is 2.08. The second kappa shape index (κ2) is 6.08. The van der Waals surface area contributed by atoms with Crippen LogP contribution in [0.4, 0.5) is 5.82 Å². The molecule has 0 saturated heterocycles. The van der Waals surface area contributed by atoms with Crippen molar-refractivity contribution in [2.75, 3.05) is 12.4 Å². The van der Waals surface area contributed by atoms with E-state index in [1.165, 1.54) is 0 Å². The van der Waals surface area contributed by atoms with Gasteiger partial charge in [-0.3, -0.25) is 0 Å². The summed E-state index contributed by atoms with van der Waals surface area (Å²) in [4.78, 5) is 8.59. The molecule has 0 spiro atoms. The van der Waals surface area contributed by atoms with E-state index in [0.29, 0.717) is 33.3 Å². The molecule has 0 fully saturated rings. The summed E-state index contributed by atoms with van der Waals surface area (Å²) in [7, 11) is 1.79. The second-order valence-corrected chi connectivity index (χ2v) is 4.63. The number of rotatable bonds is 4. The van der Waals surface area contributed by atoms with Crippen molar-refractivity contribution in [3.63, 3.8) is 0 Å². The normalized spacial score (nSPS) is 10.3. The first kappa shape index (κ1) is 13.9. The molecule has 1 N–H and O–H groups in total. The predicted octanol–water partition coefficient (Wildman–Crippen LogP) is 4.18. The smallest absolute Gasteiger partial charge is 0.224 e. The van der Waals surface area contributed by atoms with Crippen LogP contribution >= 0.6 is 23.2 Å². The molecule has 0 aliphatic rings. The third-order valence-electron chi connectivity index (χ3n) is 2.43. The Kier molecular flexibility index (Phi) is 4.45. The van der Waals surface area contributed by atoms with Gasteiger partial charge in [-0.05, 0) is 18.2 Å². The second-order valence-electron chi connectivity index (χ2n) is 3.79. The maximum Gasteiger partial charge on any atom is 0.224 e. The summed E-state index contributed by atoms with van der Waals surface area (Å²) in [5, 5.41) is 3.97. The Morgan fingerprint density at radius 2 is 2.00 bits per heavy atom. The molecule has 1 aromatic heterocycles. The van der Waals surface area contributed by atoms with Crippen LogP contribution in [-0.2, 0) is 6.42 Å². The van der Waals surface area contributed by atoms with Gasteiger partial charge in [0.25, 0.3) is 0 Å². The van der Waals surface area contributed by atoms with E-state index in [0.717, 1.165) is 6.42 Å². The third-order valence-corrected chi connectivity index (χ3v) is 2.96. The maximum atomic E-state index is 6.06. The zero-order chi connectivity index (χ0) is 13.8. The number of aryl methyl sites for hydroxylation is 1. The average molecular weight is 298 g/mol. The SMILES string of the molecule is CCc1nc(NC)cc(Oc2ccc(Cl)cc2Cl)n1. The minimum atomic E-state index is 0.440. The van der Waals surface area contributed by atoms with E-state index in [1.54, 1.807) is 31.3 Å². The van der Waals surface area contributed by atoms with Gasteiger partial charge in [0, 0.05) is 24.6 Å². The standard InChI is InChI=1S/C13H13Cl2N3O/c1-3-11-17-12(16-2)7-13(18-11)19-10-5-4-8(14)6-9(10)15/h4-7H,3H2,1-2H3,(H,16,17,18). The van der Waals surface area contributed by atoms with Crippen LogP contribution in [0, 0.1) is 0 Å². The monoisotopic (exact) mass is 297 g/mol. The van der Waals surface area contributed by atoms with Gasteiger partial charge in [0.1, 0.15) is 17.4 Å². The summed E-state index contributed by atoms with van der Waals surface area (Å²) in [5.41, 5.74) is 0. The van der Waals surface area contributed by atoms with Crippen molar-refractivity contribution in [2.24, 2.45) is 0 Å². The summed E-state index contributed by atoms with van der Waals surface area (Å²) in [6.45, 7) is 1.98. The topological polar surface area (TPSA) is 47.0 Å². The molecule has 0 amide bonds.